The molecule has 0 aromatic heterocycles. The van der Waals surface area contributed by atoms with Gasteiger partial charge in [0, 0.05) is 33.5 Å². The molecular weight excluding hydrogens is 255 g/mol. The maximum Gasteiger partial charge on any atom is 0.193 e. The summed E-state index contributed by atoms with van der Waals surface area (Å²) in [6.07, 6.45) is 2.99. The summed E-state index contributed by atoms with van der Waals surface area (Å²) in [6.45, 7) is 0. The van der Waals surface area contributed by atoms with Crippen LogP contribution in [0.4, 0.5) is 0 Å². The molecule has 1 aromatic carbocycles. The lowest BCUT2D eigenvalue weighted by Gasteiger charge is -2.00. The minimum Gasteiger partial charge on any atom is -0.289 e. The molecule has 0 bridgehead atoms. The van der Waals surface area contributed by atoms with Crippen LogP contribution in [-0.2, 0) is 9.52 Å². The highest BCUT2D eigenvalue weighted by atomic mass is 35.5. The summed E-state index contributed by atoms with van der Waals surface area (Å²) >= 11 is 11.5. The molecule has 82 valence electrons. The Morgan fingerprint density at radius 3 is 2.07 bits per heavy atom. The highest BCUT2D eigenvalue weighted by Crippen LogP contribution is 2.19. The second kappa shape index (κ2) is 4.56. The van der Waals surface area contributed by atoms with E-state index in [4.69, 9.17) is 23.2 Å². The molecule has 0 fully saturated rings. The van der Waals surface area contributed by atoms with Crippen LogP contribution in [0.25, 0.3) is 0 Å². The van der Waals surface area contributed by atoms with Gasteiger partial charge >= 0.3 is 0 Å². The number of halogens is 2. The van der Waals surface area contributed by atoms with Crippen molar-refractivity contribution in [1.82, 2.24) is 0 Å². The van der Waals surface area contributed by atoms with Gasteiger partial charge in [-0.3, -0.25) is 9.00 Å². The summed E-state index contributed by atoms with van der Waals surface area (Å²) in [5, 5.41) is 1.96. The van der Waals surface area contributed by atoms with Gasteiger partial charge in [0.15, 0.2) is 5.78 Å². The Balaban J connectivity index is 3.19. The van der Waals surface area contributed by atoms with E-state index >= 15 is 0 Å². The first-order valence-corrected chi connectivity index (χ1v) is 7.27. The summed E-state index contributed by atoms with van der Waals surface area (Å²) in [7, 11) is -2.21. The Bertz CT molecular complexity index is 486. The third-order valence-electron chi connectivity index (χ3n) is 1.54. The molecule has 0 spiro atoms. The van der Waals surface area contributed by atoms with Gasteiger partial charge in [-0.2, -0.15) is 0 Å². The van der Waals surface area contributed by atoms with Crippen molar-refractivity contribution in [2.24, 2.45) is 0 Å². The van der Waals surface area contributed by atoms with Crippen molar-refractivity contribution in [1.29, 1.82) is 0 Å². The van der Waals surface area contributed by atoms with E-state index in [2.05, 4.69) is 0 Å². The molecule has 0 amide bonds. The van der Waals surface area contributed by atoms with Gasteiger partial charge in [-0.1, -0.05) is 23.2 Å². The third-order valence-corrected chi connectivity index (χ3v) is 2.76. The summed E-state index contributed by atoms with van der Waals surface area (Å²) in [6, 6.07) is 4.53. The van der Waals surface area contributed by atoms with Gasteiger partial charge in [0.1, 0.15) is 0 Å². The number of rotatable bonds is 2. The molecule has 0 heterocycles. The highest BCUT2D eigenvalue weighted by Gasteiger charge is 2.06. The minimum absolute atomic E-state index is 0.325. The first-order valence-electron chi connectivity index (χ1n) is 4.07. The van der Waals surface area contributed by atoms with Crippen LogP contribution >= 0.6 is 23.2 Å². The Kier molecular flexibility index (Phi) is 3.82. The summed E-state index contributed by atoms with van der Waals surface area (Å²) in [5.74, 6) is -0.325. The fourth-order valence-corrected chi connectivity index (χ4v) is 2.20. The van der Waals surface area contributed by atoms with Crippen molar-refractivity contribution in [2.45, 2.75) is 0 Å². The zero-order valence-corrected chi connectivity index (χ0v) is 10.6. The molecule has 1 rings (SSSR count). The molecule has 0 N–H and O–H groups in total. The normalized spacial score (nSPS) is 11.2. The average Bonchev–Trinajstić information content (AvgIpc) is 1.98. The van der Waals surface area contributed by atoms with Crippen LogP contribution in [0, 0.1) is 0 Å². The van der Waals surface area contributed by atoms with Gasteiger partial charge in [0.05, 0.1) is 0 Å². The molecule has 1 aromatic rings. The predicted octanol–water partition coefficient (Wildman–Crippen LogP) is 2.52. The van der Waals surface area contributed by atoms with Crippen LogP contribution in [0.1, 0.15) is 10.4 Å². The van der Waals surface area contributed by atoms with Crippen LogP contribution in [0.2, 0.25) is 10.0 Å². The molecule has 0 aliphatic carbocycles. The number of Topliss-reactive ketones (excluding diaryl/α,β-unsaturated/α-hetero) is 1. The van der Waals surface area contributed by atoms with Crippen LogP contribution in [0.3, 0.4) is 0 Å². The van der Waals surface area contributed by atoms with Gasteiger partial charge in [0.2, 0.25) is 0 Å². The fraction of sp³-hybridized carbons (Fsp3) is 0.200. The van der Waals surface area contributed by atoms with Crippen molar-refractivity contribution < 1.29 is 9.00 Å². The largest absolute Gasteiger partial charge is 0.289 e. The third kappa shape index (κ3) is 4.24. The Hall–Kier alpha value is -0.510. The second-order valence-electron chi connectivity index (χ2n) is 3.45. The average molecular weight is 265 g/mol. The van der Waals surface area contributed by atoms with Crippen LogP contribution in [0.5, 0.6) is 0 Å². The minimum atomic E-state index is -2.21. The Morgan fingerprint density at radius 1 is 1.20 bits per heavy atom. The lowest BCUT2D eigenvalue weighted by molar-refractivity contribution is 0.107. The molecule has 5 heteroatoms. The standard InChI is InChI=1S/C10H10Cl2O2S/c1-15(2,14)6-10(13)7-3-8(11)5-9(12)4-7/h3-6H,1-2H3. The molecule has 0 unspecified atom stereocenters. The van der Waals surface area contributed by atoms with E-state index in [-0.39, 0.29) is 5.78 Å². The number of hydrogen-bond donors (Lipinski definition) is 0. The van der Waals surface area contributed by atoms with E-state index in [1.807, 2.05) is 0 Å². The lowest BCUT2D eigenvalue weighted by Crippen LogP contribution is -2.08. The number of carbonyl (C=O) groups is 1. The zero-order valence-electron chi connectivity index (χ0n) is 8.29. The first kappa shape index (κ1) is 12.6. The smallest absolute Gasteiger partial charge is 0.193 e. The molecule has 15 heavy (non-hydrogen) atoms. The highest BCUT2D eigenvalue weighted by molar-refractivity contribution is 8.01. The van der Waals surface area contributed by atoms with E-state index < -0.39 is 9.52 Å². The number of benzene rings is 1. The number of carbonyl (C=O) groups excluding carboxylic acids is 1. The quantitative estimate of drug-likeness (QED) is 0.608. The van der Waals surface area contributed by atoms with Gasteiger partial charge < -0.3 is 0 Å². The van der Waals surface area contributed by atoms with E-state index in [0.717, 1.165) is 0 Å². The van der Waals surface area contributed by atoms with Crippen molar-refractivity contribution in [3.8, 4) is 0 Å². The monoisotopic (exact) mass is 264 g/mol. The van der Waals surface area contributed by atoms with Gasteiger partial charge in [-0.05, 0) is 27.7 Å². The molecule has 0 aliphatic rings. The van der Waals surface area contributed by atoms with Crippen LogP contribution < -0.4 is 0 Å². The van der Waals surface area contributed by atoms with Gasteiger partial charge in [0.25, 0.3) is 0 Å². The van der Waals surface area contributed by atoms with Gasteiger partial charge in [-0.25, -0.2) is 0 Å². The van der Waals surface area contributed by atoms with E-state index in [1.165, 1.54) is 36.1 Å². The molecule has 0 saturated carbocycles. The van der Waals surface area contributed by atoms with Crippen molar-refractivity contribution in [3.63, 3.8) is 0 Å². The van der Waals surface area contributed by atoms with E-state index in [9.17, 15) is 9.00 Å². The molecule has 0 radical (unpaired) electrons. The fourth-order valence-electron chi connectivity index (χ4n) is 1.02. The van der Waals surface area contributed by atoms with E-state index in [1.54, 1.807) is 0 Å². The van der Waals surface area contributed by atoms with E-state index in [0.29, 0.717) is 15.6 Å². The number of ketones is 1. The van der Waals surface area contributed by atoms with Crippen molar-refractivity contribution >= 4 is 43.9 Å². The van der Waals surface area contributed by atoms with Crippen molar-refractivity contribution in [2.75, 3.05) is 12.5 Å². The summed E-state index contributed by atoms with van der Waals surface area (Å²) in [4.78, 5) is 11.6. The van der Waals surface area contributed by atoms with Crippen LogP contribution in [-0.4, -0.2) is 27.9 Å². The number of hydrogen-bond acceptors (Lipinski definition) is 2. The molecular formula is C10H10Cl2O2S. The SMILES string of the molecule is CS(C)(=O)=CC(=O)c1cc(Cl)cc(Cl)c1. The van der Waals surface area contributed by atoms with Crippen LogP contribution in [0.15, 0.2) is 18.2 Å². The Morgan fingerprint density at radius 2 is 1.67 bits per heavy atom. The van der Waals surface area contributed by atoms with Gasteiger partial charge in [-0.15, -0.1) is 0 Å². The molecule has 0 saturated heterocycles. The lowest BCUT2D eigenvalue weighted by atomic mass is 10.1. The Labute approximate surface area is 99.2 Å². The van der Waals surface area contributed by atoms with Crippen molar-refractivity contribution in [3.05, 3.63) is 33.8 Å². The molecule has 2 nitrogen and oxygen atoms in total. The maximum atomic E-state index is 11.6. The first-order chi connectivity index (χ1) is 6.78. The second-order valence-corrected chi connectivity index (χ2v) is 7.18. The topological polar surface area (TPSA) is 34.1 Å². The zero-order chi connectivity index (χ0) is 11.6. The summed E-state index contributed by atoms with van der Waals surface area (Å²) in [5.41, 5.74) is 0.351. The molecule has 0 atom stereocenters. The molecule has 0 aliphatic heterocycles. The summed E-state index contributed by atoms with van der Waals surface area (Å²) < 4.78 is 11.4. The maximum absolute atomic E-state index is 11.6. The predicted molar refractivity (Wildman–Crippen MR) is 66.8 cm³/mol.